The predicted molar refractivity (Wildman–Crippen MR) is 94.3 cm³/mol. The summed E-state index contributed by atoms with van der Waals surface area (Å²) in [5.41, 5.74) is 0.422. The standard InChI is InChI=1S/C18H27N3O4/c1-24-13-18(7-9-19-10-8-18)17(23)21-12-16(22)20-11-14-3-5-15(25-2)6-4-14/h3-6,19H,7-13H2,1-2H3,(H,20,22)(H,21,23). The Hall–Kier alpha value is -2.12. The van der Waals surface area contributed by atoms with E-state index >= 15 is 0 Å². The van der Waals surface area contributed by atoms with Gasteiger partial charge in [0.25, 0.3) is 0 Å². The van der Waals surface area contributed by atoms with E-state index in [0.717, 1.165) is 24.4 Å². The van der Waals surface area contributed by atoms with Gasteiger partial charge in [-0.1, -0.05) is 12.1 Å². The number of amides is 2. The monoisotopic (exact) mass is 349 g/mol. The van der Waals surface area contributed by atoms with Crippen molar-refractivity contribution in [2.45, 2.75) is 19.4 Å². The summed E-state index contributed by atoms with van der Waals surface area (Å²) < 4.78 is 10.3. The van der Waals surface area contributed by atoms with Crippen molar-refractivity contribution in [2.24, 2.45) is 5.41 Å². The maximum Gasteiger partial charge on any atom is 0.239 e. The Morgan fingerprint density at radius 2 is 1.80 bits per heavy atom. The average molecular weight is 349 g/mol. The van der Waals surface area contributed by atoms with E-state index in [4.69, 9.17) is 9.47 Å². The molecule has 3 N–H and O–H groups in total. The molecule has 1 aromatic rings. The van der Waals surface area contributed by atoms with Crippen LogP contribution in [0.4, 0.5) is 0 Å². The van der Waals surface area contributed by atoms with E-state index in [1.54, 1.807) is 14.2 Å². The molecule has 7 heteroatoms. The number of carbonyl (C=O) groups excluding carboxylic acids is 2. The number of methoxy groups -OCH3 is 2. The molecule has 2 amide bonds. The molecule has 138 valence electrons. The molecule has 0 saturated carbocycles. The molecular weight excluding hydrogens is 322 g/mol. The highest BCUT2D eigenvalue weighted by molar-refractivity contribution is 5.88. The minimum absolute atomic E-state index is 0.0338. The van der Waals surface area contributed by atoms with Crippen LogP contribution in [0.5, 0.6) is 5.75 Å². The minimum atomic E-state index is -0.545. The van der Waals surface area contributed by atoms with Crippen LogP contribution in [0.3, 0.4) is 0 Å². The van der Waals surface area contributed by atoms with Crippen LogP contribution in [0.1, 0.15) is 18.4 Å². The lowest BCUT2D eigenvalue weighted by molar-refractivity contribution is -0.137. The minimum Gasteiger partial charge on any atom is -0.497 e. The second-order valence-corrected chi connectivity index (χ2v) is 6.27. The molecule has 0 radical (unpaired) electrons. The fourth-order valence-electron chi connectivity index (χ4n) is 2.97. The first-order valence-corrected chi connectivity index (χ1v) is 8.47. The molecule has 0 atom stereocenters. The van der Waals surface area contributed by atoms with Gasteiger partial charge in [-0.05, 0) is 43.6 Å². The second-order valence-electron chi connectivity index (χ2n) is 6.27. The molecule has 1 aromatic carbocycles. The van der Waals surface area contributed by atoms with Crippen molar-refractivity contribution in [2.75, 3.05) is 40.5 Å². The zero-order chi connectivity index (χ0) is 18.1. The van der Waals surface area contributed by atoms with Crippen LogP contribution in [-0.4, -0.2) is 52.3 Å². The Kier molecular flexibility index (Phi) is 7.21. The van der Waals surface area contributed by atoms with Crippen molar-refractivity contribution >= 4 is 11.8 Å². The number of hydrogen-bond acceptors (Lipinski definition) is 5. The Labute approximate surface area is 148 Å². The van der Waals surface area contributed by atoms with Crippen LogP contribution in [0.25, 0.3) is 0 Å². The molecule has 0 aliphatic carbocycles. The molecule has 0 unspecified atom stereocenters. The van der Waals surface area contributed by atoms with E-state index in [1.807, 2.05) is 24.3 Å². The van der Waals surface area contributed by atoms with Gasteiger partial charge in [0.05, 0.1) is 25.7 Å². The summed E-state index contributed by atoms with van der Waals surface area (Å²) in [7, 11) is 3.21. The lowest BCUT2D eigenvalue weighted by Crippen LogP contribution is -2.51. The summed E-state index contributed by atoms with van der Waals surface area (Å²) in [6.45, 7) is 2.30. The fraction of sp³-hybridized carbons (Fsp3) is 0.556. The van der Waals surface area contributed by atoms with E-state index in [1.165, 1.54) is 0 Å². The van der Waals surface area contributed by atoms with Gasteiger partial charge in [-0.3, -0.25) is 9.59 Å². The molecule has 1 aliphatic heterocycles. The maximum atomic E-state index is 12.5. The molecule has 1 aliphatic rings. The van der Waals surface area contributed by atoms with Gasteiger partial charge in [-0.25, -0.2) is 0 Å². The van der Waals surface area contributed by atoms with E-state index in [0.29, 0.717) is 26.0 Å². The van der Waals surface area contributed by atoms with Crippen molar-refractivity contribution in [1.29, 1.82) is 0 Å². The highest BCUT2D eigenvalue weighted by Gasteiger charge is 2.39. The number of ether oxygens (including phenoxy) is 2. The maximum absolute atomic E-state index is 12.5. The quantitative estimate of drug-likeness (QED) is 0.634. The van der Waals surface area contributed by atoms with Crippen LogP contribution in [0.2, 0.25) is 0 Å². The molecule has 7 nitrogen and oxygen atoms in total. The number of carbonyl (C=O) groups is 2. The third-order valence-corrected chi connectivity index (χ3v) is 4.52. The largest absolute Gasteiger partial charge is 0.497 e. The SMILES string of the molecule is COCC1(C(=O)NCC(=O)NCc2ccc(OC)cc2)CCNCC1. The van der Waals surface area contributed by atoms with E-state index in [9.17, 15) is 9.59 Å². The highest BCUT2D eigenvalue weighted by Crippen LogP contribution is 2.29. The van der Waals surface area contributed by atoms with Gasteiger partial charge in [-0.2, -0.15) is 0 Å². The highest BCUT2D eigenvalue weighted by atomic mass is 16.5. The van der Waals surface area contributed by atoms with Gasteiger partial charge < -0.3 is 25.4 Å². The molecule has 2 rings (SSSR count). The van der Waals surface area contributed by atoms with Crippen molar-refractivity contribution in [1.82, 2.24) is 16.0 Å². The van der Waals surface area contributed by atoms with Crippen LogP contribution < -0.4 is 20.7 Å². The van der Waals surface area contributed by atoms with Crippen LogP contribution in [0.15, 0.2) is 24.3 Å². The molecule has 1 fully saturated rings. The number of piperidine rings is 1. The van der Waals surface area contributed by atoms with Gasteiger partial charge in [0.1, 0.15) is 5.75 Å². The van der Waals surface area contributed by atoms with Gasteiger partial charge >= 0.3 is 0 Å². The molecule has 0 spiro atoms. The van der Waals surface area contributed by atoms with Gasteiger partial charge in [-0.15, -0.1) is 0 Å². The Bertz CT molecular complexity index is 563. The summed E-state index contributed by atoms with van der Waals surface area (Å²) in [6, 6.07) is 7.46. The summed E-state index contributed by atoms with van der Waals surface area (Å²) in [5.74, 6) is 0.439. The Balaban J connectivity index is 1.78. The normalized spacial score (nSPS) is 16.1. The summed E-state index contributed by atoms with van der Waals surface area (Å²) in [5, 5.41) is 8.80. The first-order chi connectivity index (χ1) is 12.1. The number of hydrogen-bond donors (Lipinski definition) is 3. The van der Waals surface area contributed by atoms with Crippen molar-refractivity contribution in [3.05, 3.63) is 29.8 Å². The molecule has 1 heterocycles. The van der Waals surface area contributed by atoms with Crippen LogP contribution in [-0.2, 0) is 20.9 Å². The Morgan fingerprint density at radius 1 is 1.12 bits per heavy atom. The first-order valence-electron chi connectivity index (χ1n) is 8.47. The Morgan fingerprint density at radius 3 is 2.40 bits per heavy atom. The van der Waals surface area contributed by atoms with E-state index < -0.39 is 5.41 Å². The molecule has 1 saturated heterocycles. The van der Waals surface area contributed by atoms with Gasteiger partial charge in [0, 0.05) is 13.7 Å². The summed E-state index contributed by atoms with van der Waals surface area (Å²) in [6.07, 6.45) is 1.42. The lowest BCUT2D eigenvalue weighted by Gasteiger charge is -2.35. The second kappa shape index (κ2) is 9.39. The average Bonchev–Trinajstić information content (AvgIpc) is 2.65. The first kappa shape index (κ1) is 19.2. The number of nitrogens with one attached hydrogen (secondary N) is 3. The fourth-order valence-corrected chi connectivity index (χ4v) is 2.97. The molecular formula is C18H27N3O4. The molecule has 0 aromatic heterocycles. The number of benzene rings is 1. The smallest absolute Gasteiger partial charge is 0.239 e. The lowest BCUT2D eigenvalue weighted by atomic mass is 9.78. The summed E-state index contributed by atoms with van der Waals surface area (Å²) in [4.78, 5) is 24.5. The third kappa shape index (κ3) is 5.44. The van der Waals surface area contributed by atoms with Crippen molar-refractivity contribution in [3.63, 3.8) is 0 Å². The van der Waals surface area contributed by atoms with Crippen molar-refractivity contribution < 1.29 is 19.1 Å². The zero-order valence-corrected chi connectivity index (χ0v) is 14.9. The third-order valence-electron chi connectivity index (χ3n) is 4.52. The molecule has 25 heavy (non-hydrogen) atoms. The summed E-state index contributed by atoms with van der Waals surface area (Å²) >= 11 is 0. The predicted octanol–water partition coefficient (Wildman–Crippen LogP) is 0.444. The van der Waals surface area contributed by atoms with Crippen LogP contribution in [0, 0.1) is 5.41 Å². The van der Waals surface area contributed by atoms with E-state index in [2.05, 4.69) is 16.0 Å². The van der Waals surface area contributed by atoms with Gasteiger partial charge in [0.2, 0.25) is 11.8 Å². The van der Waals surface area contributed by atoms with Crippen molar-refractivity contribution in [3.8, 4) is 5.75 Å². The zero-order valence-electron chi connectivity index (χ0n) is 14.9. The number of rotatable bonds is 8. The molecule has 0 bridgehead atoms. The van der Waals surface area contributed by atoms with Gasteiger partial charge in [0.15, 0.2) is 0 Å². The van der Waals surface area contributed by atoms with Crippen LogP contribution >= 0.6 is 0 Å². The van der Waals surface area contributed by atoms with E-state index in [-0.39, 0.29) is 18.4 Å². The topological polar surface area (TPSA) is 88.7 Å².